The number of carbonyl (C=O) groups is 2. The van der Waals surface area contributed by atoms with Crippen LogP contribution in [-0.2, 0) is 36.1 Å². The molecule has 35 heavy (non-hydrogen) atoms. The van der Waals surface area contributed by atoms with Gasteiger partial charge in [0.25, 0.3) is 0 Å². The zero-order chi connectivity index (χ0) is 24.8. The normalized spacial score (nSPS) is 19.3. The van der Waals surface area contributed by atoms with Gasteiger partial charge in [-0.1, -0.05) is 12.1 Å². The van der Waals surface area contributed by atoms with Crippen molar-refractivity contribution in [2.45, 2.75) is 16.2 Å². The van der Waals surface area contributed by atoms with Crippen LogP contribution in [-0.4, -0.2) is 100 Å². The van der Waals surface area contributed by atoms with Gasteiger partial charge in [0, 0.05) is 52.4 Å². The first-order valence-electron chi connectivity index (χ1n) is 11.4. The van der Waals surface area contributed by atoms with Gasteiger partial charge >= 0.3 is 0 Å². The molecule has 2 aliphatic heterocycles. The molecule has 2 aromatic carbocycles. The predicted octanol–water partition coefficient (Wildman–Crippen LogP) is 0.183. The van der Waals surface area contributed by atoms with Crippen molar-refractivity contribution in [2.24, 2.45) is 0 Å². The highest BCUT2D eigenvalue weighted by atomic mass is 32.2. The molecule has 0 N–H and O–H groups in total. The summed E-state index contributed by atoms with van der Waals surface area (Å²) in [4.78, 5) is 25.4. The second-order valence-corrected chi connectivity index (χ2v) is 12.8. The van der Waals surface area contributed by atoms with Crippen molar-refractivity contribution in [1.82, 2.24) is 18.4 Å². The Balaban J connectivity index is 1.37. The van der Waals surface area contributed by atoms with Crippen molar-refractivity contribution in [3.8, 4) is 11.1 Å². The monoisotopic (exact) mass is 518 g/mol. The lowest BCUT2D eigenvalue weighted by Gasteiger charge is -2.31. The molecule has 1 aliphatic carbocycles. The number of hydrogen-bond donors (Lipinski definition) is 0. The highest BCUT2D eigenvalue weighted by molar-refractivity contribution is 7.89. The molecule has 2 amide bonds. The van der Waals surface area contributed by atoms with Crippen LogP contribution >= 0.6 is 0 Å². The van der Waals surface area contributed by atoms with Crippen LogP contribution < -0.4 is 0 Å². The van der Waals surface area contributed by atoms with Crippen LogP contribution in [0.2, 0.25) is 0 Å². The van der Waals surface area contributed by atoms with Crippen LogP contribution in [0.5, 0.6) is 0 Å². The first-order chi connectivity index (χ1) is 16.7. The highest BCUT2D eigenvalue weighted by Gasteiger charge is 2.32. The molecule has 10 nitrogen and oxygen atoms in total. The number of carbonyl (C=O) groups excluding carboxylic acids is 2. The minimum Gasteiger partial charge on any atom is -0.343 e. The van der Waals surface area contributed by atoms with Gasteiger partial charge in [0.2, 0.25) is 32.9 Å². The molecule has 0 atom stereocenters. The highest BCUT2D eigenvalue weighted by Crippen LogP contribution is 2.39. The summed E-state index contributed by atoms with van der Waals surface area (Å²) in [6, 6.07) is 10.1. The third-order valence-electron chi connectivity index (χ3n) is 6.94. The smallest absolute Gasteiger partial charge is 0.243 e. The number of piperazine rings is 2. The summed E-state index contributed by atoms with van der Waals surface area (Å²) in [5.74, 6) is 0. The third-order valence-corrected chi connectivity index (χ3v) is 10.7. The maximum atomic E-state index is 13.2. The van der Waals surface area contributed by atoms with E-state index < -0.39 is 20.0 Å². The summed E-state index contributed by atoms with van der Waals surface area (Å²) in [6.07, 6.45) is 1.90. The average molecular weight is 519 g/mol. The van der Waals surface area contributed by atoms with Gasteiger partial charge in [-0.3, -0.25) is 9.59 Å². The predicted molar refractivity (Wildman–Crippen MR) is 127 cm³/mol. The summed E-state index contributed by atoms with van der Waals surface area (Å²) < 4.78 is 55.5. The van der Waals surface area contributed by atoms with Crippen molar-refractivity contribution in [3.05, 3.63) is 47.5 Å². The second-order valence-electron chi connectivity index (χ2n) is 8.91. The fourth-order valence-electron chi connectivity index (χ4n) is 4.88. The van der Waals surface area contributed by atoms with E-state index in [4.69, 9.17) is 0 Å². The van der Waals surface area contributed by atoms with Crippen LogP contribution in [0.1, 0.15) is 11.1 Å². The first kappa shape index (κ1) is 23.9. The number of sulfonamides is 2. The minimum atomic E-state index is -3.70. The molecule has 0 bridgehead atoms. The maximum absolute atomic E-state index is 13.2. The first-order valence-corrected chi connectivity index (χ1v) is 14.3. The molecule has 5 rings (SSSR count). The zero-order valence-corrected chi connectivity index (χ0v) is 20.7. The number of amides is 2. The van der Waals surface area contributed by atoms with Crippen LogP contribution in [0, 0.1) is 0 Å². The van der Waals surface area contributed by atoms with Crippen molar-refractivity contribution in [2.75, 3.05) is 52.4 Å². The van der Waals surface area contributed by atoms with Gasteiger partial charge in [-0.05, 0) is 52.9 Å². The standard InChI is InChI=1S/C23H26N4O6S2/c28-16-24-5-9-26(10-6-24)34(30,31)20-1-3-22-18(14-20)13-19-15-21(2-4-23(19)22)35(32,33)27-11-7-25(17-29)8-12-27/h1-4,14-17H,5-13H2. The summed E-state index contributed by atoms with van der Waals surface area (Å²) >= 11 is 0. The van der Waals surface area contributed by atoms with E-state index in [2.05, 4.69) is 0 Å². The molecular weight excluding hydrogens is 492 g/mol. The zero-order valence-electron chi connectivity index (χ0n) is 19.0. The van der Waals surface area contributed by atoms with E-state index in [1.54, 1.807) is 46.2 Å². The van der Waals surface area contributed by atoms with Gasteiger partial charge in [-0.2, -0.15) is 8.61 Å². The summed E-state index contributed by atoms with van der Waals surface area (Å²) in [7, 11) is -7.39. The Bertz CT molecular complexity index is 1270. The van der Waals surface area contributed by atoms with Gasteiger partial charge < -0.3 is 9.80 Å². The molecule has 3 aliphatic rings. The lowest BCUT2D eigenvalue weighted by molar-refractivity contribution is -0.119. The molecule has 2 aromatic rings. The van der Waals surface area contributed by atoms with Crippen molar-refractivity contribution >= 4 is 32.9 Å². The molecule has 2 saturated heterocycles. The van der Waals surface area contributed by atoms with Gasteiger partial charge in [-0.15, -0.1) is 0 Å². The van der Waals surface area contributed by atoms with Gasteiger partial charge in [-0.25, -0.2) is 16.8 Å². The molecule has 0 saturated carbocycles. The molecule has 0 aromatic heterocycles. The SMILES string of the molecule is O=CN1CCN(S(=O)(=O)c2ccc3c(c2)Cc2cc(S(=O)(=O)N4CCN(C=O)CC4)ccc2-3)CC1. The van der Waals surface area contributed by atoms with Gasteiger partial charge in [0.05, 0.1) is 9.79 Å². The van der Waals surface area contributed by atoms with E-state index in [9.17, 15) is 26.4 Å². The van der Waals surface area contributed by atoms with Crippen molar-refractivity contribution < 1.29 is 26.4 Å². The minimum absolute atomic E-state index is 0.199. The molecular formula is C23H26N4O6S2. The molecule has 0 spiro atoms. The summed E-state index contributed by atoms with van der Waals surface area (Å²) in [5, 5.41) is 0. The van der Waals surface area contributed by atoms with E-state index in [0.29, 0.717) is 32.6 Å². The number of fused-ring (bicyclic) bond motifs is 3. The van der Waals surface area contributed by atoms with E-state index in [0.717, 1.165) is 35.1 Å². The van der Waals surface area contributed by atoms with Crippen LogP contribution in [0.3, 0.4) is 0 Å². The Morgan fingerprint density at radius 2 is 0.943 bits per heavy atom. The summed E-state index contributed by atoms with van der Waals surface area (Å²) in [5.41, 5.74) is 3.46. The van der Waals surface area contributed by atoms with Crippen LogP contribution in [0.25, 0.3) is 11.1 Å². The number of rotatable bonds is 6. The molecule has 186 valence electrons. The molecule has 2 heterocycles. The quantitative estimate of drug-likeness (QED) is 0.430. The van der Waals surface area contributed by atoms with E-state index in [1.807, 2.05) is 0 Å². The Hall–Kier alpha value is -2.80. The van der Waals surface area contributed by atoms with Crippen LogP contribution in [0.4, 0.5) is 0 Å². The molecule has 12 heteroatoms. The average Bonchev–Trinajstić information content (AvgIpc) is 3.26. The largest absolute Gasteiger partial charge is 0.343 e. The Kier molecular flexibility index (Phi) is 6.16. The van der Waals surface area contributed by atoms with Crippen molar-refractivity contribution in [1.29, 1.82) is 0 Å². The van der Waals surface area contributed by atoms with E-state index in [-0.39, 0.29) is 36.0 Å². The van der Waals surface area contributed by atoms with Crippen molar-refractivity contribution in [3.63, 3.8) is 0 Å². The fraction of sp³-hybridized carbons (Fsp3) is 0.391. The van der Waals surface area contributed by atoms with Gasteiger partial charge in [0.1, 0.15) is 0 Å². The second kappa shape index (κ2) is 9.01. The Morgan fingerprint density at radius 1 is 0.571 bits per heavy atom. The van der Waals surface area contributed by atoms with Crippen LogP contribution in [0.15, 0.2) is 46.2 Å². The third kappa shape index (κ3) is 4.24. The lowest BCUT2D eigenvalue weighted by atomic mass is 10.1. The molecule has 0 radical (unpaired) electrons. The number of nitrogens with zero attached hydrogens (tertiary/aromatic N) is 4. The lowest BCUT2D eigenvalue weighted by Crippen LogP contribution is -2.47. The van der Waals surface area contributed by atoms with E-state index in [1.165, 1.54) is 8.61 Å². The Labute approximate surface area is 204 Å². The number of benzene rings is 2. The Morgan fingerprint density at radius 3 is 1.29 bits per heavy atom. The topological polar surface area (TPSA) is 115 Å². The van der Waals surface area contributed by atoms with Gasteiger partial charge in [0.15, 0.2) is 0 Å². The molecule has 2 fully saturated rings. The summed E-state index contributed by atoms with van der Waals surface area (Å²) in [6.45, 7) is 2.45. The molecule has 0 unspecified atom stereocenters. The van der Waals surface area contributed by atoms with E-state index >= 15 is 0 Å². The maximum Gasteiger partial charge on any atom is 0.243 e. The fourth-order valence-corrected chi connectivity index (χ4v) is 7.83. The number of hydrogen-bond acceptors (Lipinski definition) is 6.